The molecule has 2 N–H and O–H groups in total. The minimum Gasteiger partial charge on any atom is -0.424 e. The summed E-state index contributed by atoms with van der Waals surface area (Å²) >= 11 is 0. The molecule has 0 atom stereocenters. The van der Waals surface area contributed by atoms with Gasteiger partial charge in [-0.05, 0) is 63.1 Å². The van der Waals surface area contributed by atoms with Gasteiger partial charge in [0.2, 0.25) is 0 Å². The van der Waals surface area contributed by atoms with Crippen LogP contribution >= 0.6 is 0 Å². The van der Waals surface area contributed by atoms with Crippen LogP contribution in [-0.2, 0) is 0 Å². The average Bonchev–Trinajstić information content (AvgIpc) is 3.31. The number of hydrogen-bond acceptors (Lipinski definition) is 9. The van der Waals surface area contributed by atoms with E-state index in [9.17, 15) is 0 Å². The van der Waals surface area contributed by atoms with Gasteiger partial charge in [0.15, 0.2) is 5.65 Å². The summed E-state index contributed by atoms with van der Waals surface area (Å²) in [6.07, 6.45) is 9.36. The lowest BCUT2D eigenvalue weighted by molar-refractivity contribution is 0.0815. The lowest BCUT2D eigenvalue weighted by Crippen LogP contribution is -2.49. The number of piperazine rings is 1. The van der Waals surface area contributed by atoms with Crippen molar-refractivity contribution >= 4 is 16.9 Å². The fourth-order valence-electron chi connectivity index (χ4n) is 5.43. The van der Waals surface area contributed by atoms with Crippen LogP contribution in [0.1, 0.15) is 31.7 Å². The summed E-state index contributed by atoms with van der Waals surface area (Å²) < 4.78 is 7.83. The van der Waals surface area contributed by atoms with Crippen molar-refractivity contribution < 1.29 is 4.74 Å². The topological polar surface area (TPSA) is 111 Å². The molecule has 10 heteroatoms. The van der Waals surface area contributed by atoms with E-state index in [0.717, 1.165) is 48.2 Å². The Kier molecular flexibility index (Phi) is 6.20. The summed E-state index contributed by atoms with van der Waals surface area (Å²) in [5.41, 5.74) is 8.88. The Morgan fingerprint density at radius 1 is 0.861 bits per heavy atom. The predicted octanol–water partition coefficient (Wildman–Crippen LogP) is 3.39. The van der Waals surface area contributed by atoms with E-state index in [1.807, 2.05) is 24.3 Å². The lowest BCUT2D eigenvalue weighted by Gasteiger charge is -2.41. The third-order valence-electron chi connectivity index (χ3n) is 7.46. The van der Waals surface area contributed by atoms with Crippen LogP contribution in [0.4, 0.5) is 5.82 Å². The monoisotopic (exact) mass is 485 g/mol. The minimum atomic E-state index is 0.303. The highest BCUT2D eigenvalue weighted by Gasteiger charge is 2.30. The summed E-state index contributed by atoms with van der Waals surface area (Å²) in [6, 6.07) is 10.7. The van der Waals surface area contributed by atoms with E-state index >= 15 is 0 Å². The lowest BCUT2D eigenvalue weighted by atomic mass is 9.90. The van der Waals surface area contributed by atoms with Crippen molar-refractivity contribution in [1.82, 2.24) is 39.5 Å². The Bertz CT molecular complexity index is 1310. The van der Waals surface area contributed by atoms with Crippen molar-refractivity contribution in [3.05, 3.63) is 49.1 Å². The van der Waals surface area contributed by atoms with Crippen molar-refractivity contribution in [2.75, 3.05) is 39.0 Å². The van der Waals surface area contributed by atoms with Crippen molar-refractivity contribution in [1.29, 1.82) is 0 Å². The molecule has 0 bridgehead atoms. The van der Waals surface area contributed by atoms with E-state index in [2.05, 4.69) is 41.5 Å². The molecule has 186 valence electrons. The second-order valence-electron chi connectivity index (χ2n) is 9.71. The zero-order valence-corrected chi connectivity index (χ0v) is 20.5. The van der Waals surface area contributed by atoms with E-state index < -0.39 is 0 Å². The fraction of sp³-hybridized carbons (Fsp3) is 0.423. The Hall–Kier alpha value is -3.63. The second kappa shape index (κ2) is 9.79. The number of fused-ring (bicyclic) bond motifs is 1. The zero-order valence-electron chi connectivity index (χ0n) is 20.5. The van der Waals surface area contributed by atoms with Gasteiger partial charge in [-0.1, -0.05) is 0 Å². The van der Waals surface area contributed by atoms with Crippen LogP contribution < -0.4 is 10.5 Å². The molecule has 3 aromatic heterocycles. The molecule has 2 fully saturated rings. The normalized spacial score (nSPS) is 21.6. The zero-order chi connectivity index (χ0) is 24.5. The van der Waals surface area contributed by atoms with E-state index in [-0.39, 0.29) is 0 Å². The molecule has 1 saturated heterocycles. The number of benzene rings is 1. The Morgan fingerprint density at radius 2 is 1.56 bits per heavy atom. The SMILES string of the molecule is CN1CCN(C2CCC(n3nc(-c4ccc(Oc5ncccn5)cc4)c4c(N)ncnc43)CC2)CC1. The molecule has 6 rings (SSSR count). The quantitative estimate of drug-likeness (QED) is 0.455. The van der Waals surface area contributed by atoms with Crippen molar-refractivity contribution in [2.45, 2.75) is 37.8 Å². The highest BCUT2D eigenvalue weighted by atomic mass is 16.5. The van der Waals surface area contributed by atoms with E-state index in [4.69, 9.17) is 15.6 Å². The molecule has 0 spiro atoms. The van der Waals surface area contributed by atoms with Gasteiger partial charge < -0.3 is 15.4 Å². The summed E-state index contributed by atoms with van der Waals surface area (Å²) in [7, 11) is 2.21. The highest BCUT2D eigenvalue weighted by molar-refractivity contribution is 5.98. The molecule has 0 radical (unpaired) electrons. The molecule has 4 aromatic rings. The third kappa shape index (κ3) is 4.49. The molecule has 0 unspecified atom stereocenters. The van der Waals surface area contributed by atoms with Gasteiger partial charge in [0, 0.05) is 50.2 Å². The number of nitrogen functional groups attached to an aromatic ring is 1. The van der Waals surface area contributed by atoms with E-state index in [1.54, 1.807) is 18.5 Å². The highest BCUT2D eigenvalue weighted by Crippen LogP contribution is 2.37. The average molecular weight is 486 g/mol. The van der Waals surface area contributed by atoms with E-state index in [1.165, 1.54) is 32.3 Å². The number of hydrogen-bond donors (Lipinski definition) is 1. The number of likely N-dealkylation sites (N-methyl/N-ethyl adjacent to an activating group) is 1. The first-order valence-corrected chi connectivity index (χ1v) is 12.6. The van der Waals surface area contributed by atoms with Crippen LogP contribution in [0.15, 0.2) is 49.1 Å². The van der Waals surface area contributed by atoms with Crippen molar-refractivity contribution in [3.63, 3.8) is 0 Å². The molecular weight excluding hydrogens is 454 g/mol. The van der Waals surface area contributed by atoms with Gasteiger partial charge in [-0.25, -0.2) is 24.6 Å². The van der Waals surface area contributed by atoms with Crippen LogP contribution in [0, 0.1) is 0 Å². The maximum absolute atomic E-state index is 6.34. The van der Waals surface area contributed by atoms with Crippen LogP contribution in [0.2, 0.25) is 0 Å². The van der Waals surface area contributed by atoms with Crippen LogP contribution in [-0.4, -0.2) is 78.8 Å². The number of nitrogens with zero attached hydrogens (tertiary/aromatic N) is 8. The number of anilines is 1. The molecule has 1 aliphatic heterocycles. The molecule has 0 amide bonds. The van der Waals surface area contributed by atoms with Gasteiger partial charge in [-0.3, -0.25) is 4.90 Å². The molecule has 10 nitrogen and oxygen atoms in total. The molecule has 1 aliphatic carbocycles. The maximum atomic E-state index is 6.34. The molecule has 1 saturated carbocycles. The van der Waals surface area contributed by atoms with Gasteiger partial charge >= 0.3 is 6.01 Å². The first kappa shape index (κ1) is 22.8. The number of aromatic nitrogens is 6. The standard InChI is InChI=1S/C26H31N9O/c1-33-13-15-34(16-14-33)19-5-7-20(8-6-19)35-25-22(24(27)30-17-31-25)23(32-35)18-3-9-21(10-4-18)36-26-28-11-2-12-29-26/h2-4,9-12,17,19-20H,5-8,13-16H2,1H3,(H2,27,30,31). The molecular formula is C26H31N9O. The molecule has 2 aliphatic rings. The second-order valence-corrected chi connectivity index (χ2v) is 9.71. The fourth-order valence-corrected chi connectivity index (χ4v) is 5.43. The Labute approximate surface area is 210 Å². The molecule has 36 heavy (non-hydrogen) atoms. The van der Waals surface area contributed by atoms with Gasteiger partial charge in [0.25, 0.3) is 0 Å². The maximum Gasteiger partial charge on any atom is 0.321 e. The van der Waals surface area contributed by atoms with Gasteiger partial charge in [-0.2, -0.15) is 5.10 Å². The Balaban J connectivity index is 1.24. The predicted molar refractivity (Wildman–Crippen MR) is 138 cm³/mol. The van der Waals surface area contributed by atoms with E-state index in [0.29, 0.717) is 29.7 Å². The first-order chi connectivity index (χ1) is 17.7. The largest absolute Gasteiger partial charge is 0.424 e. The summed E-state index contributed by atoms with van der Waals surface area (Å²) in [5, 5.41) is 5.86. The molecule has 1 aromatic carbocycles. The van der Waals surface area contributed by atoms with Crippen molar-refractivity contribution in [3.8, 4) is 23.0 Å². The van der Waals surface area contributed by atoms with Crippen LogP contribution in [0.3, 0.4) is 0 Å². The van der Waals surface area contributed by atoms with Crippen LogP contribution in [0.25, 0.3) is 22.3 Å². The Morgan fingerprint density at radius 3 is 2.28 bits per heavy atom. The third-order valence-corrected chi connectivity index (χ3v) is 7.46. The smallest absolute Gasteiger partial charge is 0.321 e. The number of ether oxygens (including phenoxy) is 1. The van der Waals surface area contributed by atoms with Crippen LogP contribution in [0.5, 0.6) is 11.8 Å². The van der Waals surface area contributed by atoms with Crippen molar-refractivity contribution in [2.24, 2.45) is 0 Å². The van der Waals surface area contributed by atoms with Gasteiger partial charge in [0.1, 0.15) is 23.6 Å². The first-order valence-electron chi connectivity index (χ1n) is 12.6. The minimum absolute atomic E-state index is 0.303. The number of nitrogens with two attached hydrogens (primary N) is 1. The summed E-state index contributed by atoms with van der Waals surface area (Å²) in [6.45, 7) is 4.65. The van der Waals surface area contributed by atoms with Gasteiger partial charge in [0.05, 0.1) is 11.4 Å². The van der Waals surface area contributed by atoms with Gasteiger partial charge in [-0.15, -0.1) is 0 Å². The summed E-state index contributed by atoms with van der Waals surface area (Å²) in [4.78, 5) is 22.2. The summed E-state index contributed by atoms with van der Waals surface area (Å²) in [5.74, 6) is 1.10. The molecule has 4 heterocycles. The number of rotatable bonds is 5.